The van der Waals surface area contributed by atoms with Crippen molar-refractivity contribution in [1.82, 2.24) is 49.8 Å². The van der Waals surface area contributed by atoms with E-state index in [1.54, 1.807) is 152 Å². The van der Waals surface area contributed by atoms with Gasteiger partial charge in [0.15, 0.2) is 11.5 Å². The summed E-state index contributed by atoms with van der Waals surface area (Å²) < 4.78 is 44.0. The number of pyridine rings is 4. The van der Waals surface area contributed by atoms with Crippen molar-refractivity contribution < 1.29 is 51.8 Å². The highest BCUT2D eigenvalue weighted by Crippen LogP contribution is 2.34. The molecule has 6 amide bonds. The predicted octanol–water partition coefficient (Wildman–Crippen LogP) is 25.6. The van der Waals surface area contributed by atoms with E-state index in [0.29, 0.717) is 108 Å². The van der Waals surface area contributed by atoms with Gasteiger partial charge in [-0.15, -0.1) is 0 Å². The van der Waals surface area contributed by atoms with Gasteiger partial charge < -0.3 is 60.8 Å². The van der Waals surface area contributed by atoms with Crippen LogP contribution >= 0.6 is 0 Å². The fourth-order valence-electron chi connectivity index (χ4n) is 14.6. The Hall–Kier alpha value is -20.3. The van der Waals surface area contributed by atoms with E-state index in [9.17, 15) is 48.1 Å². The number of hydrogen-bond acceptors (Lipinski definition) is 24. The number of nitriles is 2. The van der Waals surface area contributed by atoms with Gasteiger partial charge in [0.25, 0.3) is 35.4 Å². The van der Waals surface area contributed by atoms with Gasteiger partial charge in [-0.1, -0.05) is 114 Å². The molecule has 0 unspecified atom stereocenters. The fraction of sp³-hybridized carbons (Fsp3) is 0.102. The maximum absolute atomic E-state index is 14.0. The van der Waals surface area contributed by atoms with Crippen LogP contribution in [0.25, 0.3) is 0 Å². The number of carbonyl (C=O) groups is 6. The first-order chi connectivity index (χ1) is 72.2. The second-order valence-corrected chi connectivity index (χ2v) is 33.2. The zero-order valence-corrected chi connectivity index (χ0v) is 82.5. The number of aryl methyl sites for hydroxylation is 6. The highest BCUT2D eigenvalue weighted by molar-refractivity contribution is 6.08. The SMILES string of the molecule is C.CCN(c1cccnc1)c1cccc(NC(=O)c2cccc(C)c2)c1.CCN(c1cccnc1)c1cccc(NC(=O)c2cccc(C)c2)c1.Cc1cccc(C(=O)Nc2cc(C#N)cc(Oc3cncnc3)c2)c1.Cc1cccc(C(=O)Nc2cc(F)cc(N(C)c3cncnc3)c2)c1.Cc1cccc(C(=O)Nc2cccc(Oc3cncc(F)c3)c2)c1.Cc1ccnc(C(=O)Nc2cc(C#N)cc(Oc3cncnc3)c2)c1. The molecule has 0 atom stereocenters. The molecule has 0 aliphatic carbocycles. The monoisotopic (exact) mass is 2000 g/mol. The van der Waals surface area contributed by atoms with E-state index in [0.717, 1.165) is 86.8 Å². The van der Waals surface area contributed by atoms with Crippen molar-refractivity contribution in [2.24, 2.45) is 0 Å². The summed E-state index contributed by atoms with van der Waals surface area (Å²) in [5, 5.41) is 35.4. The van der Waals surface area contributed by atoms with Gasteiger partial charge in [-0.05, 0) is 249 Å². The molecular formula is C118H105F2N21O9. The average Bonchev–Trinajstić information content (AvgIpc) is 0.813. The van der Waals surface area contributed by atoms with E-state index < -0.39 is 11.6 Å². The van der Waals surface area contributed by atoms with Crippen LogP contribution in [-0.2, 0) is 0 Å². The zero-order valence-electron chi connectivity index (χ0n) is 82.5. The number of hydrogen-bond donors (Lipinski definition) is 6. The maximum atomic E-state index is 14.0. The van der Waals surface area contributed by atoms with Gasteiger partial charge in [0.2, 0.25) is 0 Å². The van der Waals surface area contributed by atoms with E-state index in [-0.39, 0.29) is 48.6 Å². The van der Waals surface area contributed by atoms with Crippen molar-refractivity contribution in [3.63, 3.8) is 0 Å². The summed E-state index contributed by atoms with van der Waals surface area (Å²) in [6.45, 7) is 17.4. The summed E-state index contributed by atoms with van der Waals surface area (Å²) in [7, 11) is 1.78. The number of carbonyl (C=O) groups excluding carboxylic acids is 6. The maximum Gasteiger partial charge on any atom is 0.274 e. The quantitative estimate of drug-likeness (QED) is 0.0293. The second kappa shape index (κ2) is 54.8. The first-order valence-corrected chi connectivity index (χ1v) is 46.6. The van der Waals surface area contributed by atoms with Gasteiger partial charge in [0.1, 0.15) is 59.3 Å². The summed E-state index contributed by atoms with van der Waals surface area (Å²) >= 11 is 0. The normalized spacial score (nSPS) is 10.1. The minimum atomic E-state index is -0.476. The molecular weight excluding hydrogens is 1890 g/mol. The Labute approximate surface area is 867 Å². The molecule has 0 aliphatic heterocycles. The van der Waals surface area contributed by atoms with Crippen LogP contribution in [0.2, 0.25) is 0 Å². The predicted molar refractivity (Wildman–Crippen MR) is 580 cm³/mol. The number of rotatable bonds is 26. The van der Waals surface area contributed by atoms with Gasteiger partial charge in [-0.2, -0.15) is 10.5 Å². The molecule has 750 valence electrons. The van der Waals surface area contributed by atoms with Crippen LogP contribution in [0.1, 0.15) is 128 Å². The Kier molecular flexibility index (Phi) is 39.7. The Morgan fingerprint density at radius 2 is 0.627 bits per heavy atom. The molecule has 0 spiro atoms. The average molecular weight is 2000 g/mol. The van der Waals surface area contributed by atoms with Crippen molar-refractivity contribution in [2.75, 3.05) is 66.7 Å². The molecule has 32 heteroatoms. The van der Waals surface area contributed by atoms with E-state index >= 15 is 0 Å². The lowest BCUT2D eigenvalue weighted by molar-refractivity contribution is 0.101. The van der Waals surface area contributed by atoms with E-state index in [1.807, 2.05) is 224 Å². The third-order valence-electron chi connectivity index (χ3n) is 21.5. The lowest BCUT2D eigenvalue weighted by Gasteiger charge is -2.23. The summed E-state index contributed by atoms with van der Waals surface area (Å²) in [5.74, 6) is 0.183. The number of amides is 6. The van der Waals surface area contributed by atoms with Crippen LogP contribution in [-0.4, -0.2) is 105 Å². The summed E-state index contributed by atoms with van der Waals surface area (Å²) in [6.07, 6.45) is 24.8. The van der Waals surface area contributed by atoms with Gasteiger partial charge in [0.05, 0.1) is 102 Å². The number of nitrogens with one attached hydrogen (secondary N) is 6. The smallest absolute Gasteiger partial charge is 0.274 e. The first kappa shape index (κ1) is 109. The molecule has 0 saturated carbocycles. The highest BCUT2D eigenvalue weighted by atomic mass is 19.1. The lowest BCUT2D eigenvalue weighted by atomic mass is 10.1. The fourth-order valence-corrected chi connectivity index (χ4v) is 14.6. The van der Waals surface area contributed by atoms with Gasteiger partial charge in [-0.25, -0.2) is 38.7 Å². The van der Waals surface area contributed by atoms with E-state index in [2.05, 4.69) is 111 Å². The Morgan fingerprint density at radius 1 is 0.287 bits per heavy atom. The highest BCUT2D eigenvalue weighted by Gasteiger charge is 2.20. The van der Waals surface area contributed by atoms with Crippen LogP contribution in [0, 0.1) is 75.8 Å². The molecule has 18 rings (SSSR count). The van der Waals surface area contributed by atoms with Crippen molar-refractivity contribution in [2.45, 2.75) is 62.8 Å². The molecule has 7 aromatic heterocycles. The van der Waals surface area contributed by atoms with Crippen LogP contribution in [0.4, 0.5) is 77.0 Å². The molecule has 30 nitrogen and oxygen atoms in total. The van der Waals surface area contributed by atoms with Crippen molar-refractivity contribution in [1.29, 1.82) is 10.5 Å². The molecule has 7 heterocycles. The molecule has 0 bridgehead atoms. The van der Waals surface area contributed by atoms with Crippen molar-refractivity contribution in [3.8, 4) is 46.6 Å². The minimum absolute atomic E-state index is 0. The number of halogens is 2. The summed E-state index contributed by atoms with van der Waals surface area (Å²) in [5.41, 5.74) is 18.8. The largest absolute Gasteiger partial charge is 0.456 e. The third-order valence-corrected chi connectivity index (χ3v) is 21.5. The van der Waals surface area contributed by atoms with E-state index in [4.69, 9.17) is 14.2 Å². The van der Waals surface area contributed by atoms with Crippen molar-refractivity contribution in [3.05, 3.63) is 480 Å². The Morgan fingerprint density at radius 3 is 1.01 bits per heavy atom. The van der Waals surface area contributed by atoms with Gasteiger partial charge >= 0.3 is 0 Å². The number of anilines is 12. The topological polar surface area (TPSA) is 388 Å². The number of ether oxygens (including phenoxy) is 3. The number of aromatic nitrogens is 10. The molecule has 0 aliphatic rings. The Balaban J connectivity index is 0.000000159. The molecule has 0 saturated heterocycles. The Bertz CT molecular complexity index is 7450. The molecule has 11 aromatic carbocycles. The molecule has 18 aromatic rings. The van der Waals surface area contributed by atoms with Gasteiger partial charge in [-0.3, -0.25) is 48.7 Å². The number of nitrogens with zero attached hydrogens (tertiary/aromatic N) is 15. The standard InChI is InChI=1S/2C21H21N3O.C19H17FN4O.C19H15FN2O2.C19H14N4O2.C18H13N5O2.CH4/c2*1-3-24(20-11-6-12-22-15-20)19-10-5-9-18(14-19)23-21(25)17-8-4-7-16(2)13-17;1-13-4-3-5-14(6-13)19(25)23-16-7-15(20)8-17(9-16)24(2)18-10-21-12-22-11-18;1-13-4-2-5-14(8-13)19(23)22-16-6-3-7-17(10-16)24-18-9-15(20)11-21-12-18;1-13-3-2-4-15(5-13)19(24)23-16-6-14(9-20)7-17(8-16)25-18-10-21-12-22-11-18;1-12-2-3-22-17(4-12)18(24)23-14-5-13(8-19)6-15(7-14)25-16-9-20-11-21-10-16;/h2*4-15H,3H2,1-2H3,(H,23,25);3-12H,1-2H3,(H,23,25);2-12H,1H3,(H,22,23);2-8,10-12H,1H3,(H,23,24);2-7,9-11H,1H3,(H,23,24);1H4. The third kappa shape index (κ3) is 33.4. The molecule has 0 fully saturated rings. The molecule has 150 heavy (non-hydrogen) atoms. The summed E-state index contributed by atoms with van der Waals surface area (Å²) in [6, 6.07) is 90.1. The molecule has 0 radical (unpaired) electrons. The van der Waals surface area contributed by atoms with E-state index in [1.165, 1.54) is 68.2 Å². The van der Waals surface area contributed by atoms with Gasteiger partial charge in [0, 0.05) is 142 Å². The first-order valence-electron chi connectivity index (χ1n) is 46.6. The van der Waals surface area contributed by atoms with Crippen LogP contribution in [0.5, 0.6) is 34.5 Å². The molecule has 6 N–H and O–H groups in total. The van der Waals surface area contributed by atoms with Crippen molar-refractivity contribution >= 4 is 104 Å². The van der Waals surface area contributed by atoms with Crippen LogP contribution in [0.15, 0.2) is 391 Å². The zero-order chi connectivity index (χ0) is 105. The second-order valence-electron chi connectivity index (χ2n) is 33.2. The minimum Gasteiger partial charge on any atom is -0.456 e. The summed E-state index contributed by atoms with van der Waals surface area (Å²) in [4.78, 5) is 120. The lowest BCUT2D eigenvalue weighted by Crippen LogP contribution is -2.17. The number of benzene rings is 11. The van der Waals surface area contributed by atoms with Crippen LogP contribution in [0.3, 0.4) is 0 Å². The van der Waals surface area contributed by atoms with Crippen LogP contribution < -0.4 is 60.8 Å².